The van der Waals surface area contributed by atoms with E-state index in [1.165, 1.54) is 25.1 Å². The number of nitrogens with one attached hydrogen (secondary N) is 2. The van der Waals surface area contributed by atoms with Crippen molar-refractivity contribution in [3.05, 3.63) is 96.6 Å². The molecule has 0 spiro atoms. The smallest absolute Gasteiger partial charge is 1.00 e. The molecular weight excluding hydrogens is 635 g/mol. The Morgan fingerprint density at radius 2 is 0.789 bits per heavy atom. The van der Waals surface area contributed by atoms with Gasteiger partial charge in [0.05, 0.1) is 25.1 Å². The number of halogens is 3. The number of hydrogen-bond acceptors (Lipinski definition) is 8. The molecule has 10 nitrogen and oxygen atoms in total. The number of hydrazone groups is 2. The molecule has 1 aliphatic heterocycles. The van der Waals surface area contributed by atoms with Gasteiger partial charge >= 0.3 is 17.4 Å². The molecule has 0 fully saturated rings. The number of rotatable bonds is 4. The van der Waals surface area contributed by atoms with E-state index in [4.69, 9.17) is 42.1 Å². The predicted octanol–water partition coefficient (Wildman–Crippen LogP) is -5.08. The molecule has 2 N–H and O–H groups in total. The van der Waals surface area contributed by atoms with Gasteiger partial charge in [0, 0.05) is 0 Å². The number of aliphatic imine (C=N–C) groups is 2. The predicted molar refractivity (Wildman–Crippen MR) is 132 cm³/mol. The summed E-state index contributed by atoms with van der Waals surface area (Å²) < 4.78 is 22.2. The van der Waals surface area contributed by atoms with E-state index in [2.05, 4.69) is 31.0 Å². The fourth-order valence-corrected chi connectivity index (χ4v) is 3.29. The Labute approximate surface area is 256 Å². The van der Waals surface area contributed by atoms with E-state index in [-0.39, 0.29) is 76.2 Å². The molecule has 0 bridgehead atoms. The molecule has 0 atom stereocenters. The Morgan fingerprint density at radius 1 is 0.500 bits per heavy atom. The molecule has 0 saturated heterocycles. The maximum atomic E-state index is 5.56. The summed E-state index contributed by atoms with van der Waals surface area (Å²) in [6.45, 7) is 0. The van der Waals surface area contributed by atoms with Gasteiger partial charge in [-0.2, -0.15) is 10.2 Å². The van der Waals surface area contributed by atoms with E-state index < -0.39 is 0 Å². The molecule has 4 aromatic heterocycles. The van der Waals surface area contributed by atoms with Crippen LogP contribution in [-0.4, -0.2) is 33.1 Å². The van der Waals surface area contributed by atoms with Gasteiger partial charge in [0.2, 0.25) is 10.2 Å². The van der Waals surface area contributed by atoms with Crippen LogP contribution in [0.15, 0.2) is 111 Å². The first-order valence-corrected chi connectivity index (χ1v) is 10.6. The van der Waals surface area contributed by atoms with Gasteiger partial charge in [-0.3, -0.25) is 10.9 Å². The van der Waals surface area contributed by atoms with E-state index in [1.807, 2.05) is 0 Å². The summed E-state index contributed by atoms with van der Waals surface area (Å²) in [4.78, 5) is 8.98. The summed E-state index contributed by atoms with van der Waals surface area (Å²) in [7, 11) is 0. The third-order valence-corrected chi connectivity index (χ3v) is 4.79. The van der Waals surface area contributed by atoms with E-state index >= 15 is 0 Å². The topological polar surface area (TPSA) is 126 Å². The Bertz CT molecular complexity index is 1330. The van der Waals surface area contributed by atoms with E-state index in [1.54, 1.807) is 48.5 Å². The average Bonchev–Trinajstić information content (AvgIpc) is 3.65. The van der Waals surface area contributed by atoms with Gasteiger partial charge in [-0.1, -0.05) is 0 Å². The quantitative estimate of drug-likeness (QED) is 0.211. The molecule has 16 heteroatoms. The maximum absolute atomic E-state index is 5.56. The minimum Gasteiger partial charge on any atom is -1.00 e. The third kappa shape index (κ3) is 7.52. The second-order valence-electron chi connectivity index (χ2n) is 6.58. The molecule has 1 aliphatic rings. The standard InChI is InChI=1S/C22H14N6O4S2.3ClH.Cr/c33-21-23-17(13-5-1-9-29-13)18(14-6-2-10-30-14)24-22(34)28-26-20(16-8-4-12-32-16)19(25-27-21)15-7-3-11-31-15;;;;/h1-12H,(H,23,27,33)(H,24,28,34);3*1H;/q;;;;+3/p-3. The molecule has 4 aromatic rings. The average molecular weight is 649 g/mol. The monoisotopic (exact) mass is 647 g/mol. The fraction of sp³-hybridized carbons (Fsp3) is 0. The second-order valence-corrected chi connectivity index (χ2v) is 7.36. The van der Waals surface area contributed by atoms with Crippen LogP contribution in [0, 0.1) is 0 Å². The molecule has 0 aromatic carbocycles. The molecule has 195 valence electrons. The summed E-state index contributed by atoms with van der Waals surface area (Å²) in [6.07, 6.45) is 6.04. The van der Waals surface area contributed by atoms with Crippen molar-refractivity contribution in [2.24, 2.45) is 20.2 Å². The third-order valence-electron chi connectivity index (χ3n) is 4.42. The molecule has 0 amide bonds. The number of thiocarbonyl (C=S) groups is 2. The Morgan fingerprint density at radius 3 is 1.05 bits per heavy atom. The minimum atomic E-state index is 0. The Kier molecular flexibility index (Phi) is 13.4. The first kappa shape index (κ1) is 33.0. The normalized spacial score (nSPS) is 19.1. The fourth-order valence-electron chi connectivity index (χ4n) is 3.01. The van der Waals surface area contributed by atoms with Crippen LogP contribution in [-0.2, 0) is 17.4 Å². The summed E-state index contributed by atoms with van der Waals surface area (Å²) in [6, 6.07) is 13.7. The zero-order valence-electron chi connectivity index (χ0n) is 18.7. The molecule has 5 heterocycles. The molecule has 0 unspecified atom stereocenters. The van der Waals surface area contributed by atoms with Crippen LogP contribution >= 0.6 is 24.4 Å². The Balaban J connectivity index is 0.00000180. The first-order chi connectivity index (χ1) is 16.7. The van der Waals surface area contributed by atoms with E-state index in [0.29, 0.717) is 34.5 Å². The summed E-state index contributed by atoms with van der Waals surface area (Å²) in [5.74, 6) is 1.61. The second kappa shape index (κ2) is 15.4. The Hall–Kier alpha value is -3.02. The summed E-state index contributed by atoms with van der Waals surface area (Å²) in [5.41, 5.74) is 6.68. The van der Waals surface area contributed by atoms with Gasteiger partial charge in [0.25, 0.3) is 0 Å². The molecule has 0 aliphatic carbocycles. The van der Waals surface area contributed by atoms with Crippen LogP contribution in [0.4, 0.5) is 0 Å². The van der Waals surface area contributed by atoms with Crippen LogP contribution in [0.2, 0.25) is 0 Å². The van der Waals surface area contributed by atoms with Crippen molar-refractivity contribution in [3.8, 4) is 0 Å². The van der Waals surface area contributed by atoms with E-state index in [0.717, 1.165) is 0 Å². The van der Waals surface area contributed by atoms with Crippen molar-refractivity contribution in [3.63, 3.8) is 0 Å². The summed E-state index contributed by atoms with van der Waals surface area (Å²) >= 11 is 10.9. The van der Waals surface area contributed by atoms with Crippen LogP contribution < -0.4 is 48.1 Å². The van der Waals surface area contributed by atoms with Crippen LogP contribution in [0.3, 0.4) is 0 Å². The van der Waals surface area contributed by atoms with Crippen molar-refractivity contribution < 1.29 is 72.3 Å². The van der Waals surface area contributed by atoms with Gasteiger partial charge in [-0.05, 0) is 73.0 Å². The number of hydrogen-bond donors (Lipinski definition) is 2. The van der Waals surface area contributed by atoms with Crippen LogP contribution in [0.1, 0.15) is 23.0 Å². The van der Waals surface area contributed by atoms with Crippen molar-refractivity contribution in [1.29, 1.82) is 0 Å². The van der Waals surface area contributed by atoms with Crippen LogP contribution in [0.25, 0.3) is 0 Å². The molecule has 0 saturated carbocycles. The van der Waals surface area contributed by atoms with Crippen molar-refractivity contribution >= 4 is 57.5 Å². The summed E-state index contributed by atoms with van der Waals surface area (Å²) in [5, 5.41) is 8.85. The van der Waals surface area contributed by atoms with Crippen molar-refractivity contribution in [2.45, 2.75) is 0 Å². The van der Waals surface area contributed by atoms with E-state index in [9.17, 15) is 0 Å². The zero-order chi connectivity index (χ0) is 23.3. The van der Waals surface area contributed by atoms with Crippen molar-refractivity contribution in [2.75, 3.05) is 0 Å². The molecular formula is C22H14Cl3CrN6O4S2. The SMILES string of the molecule is S=C1/N=C(c2ccco2)/C(c2ccco2)=N/C(=S)N/N=C(c2ccco2)/C(c2ccco2)=N/N1.[Cl-].[Cl-].[Cl-].[Cr+3]. The zero-order valence-corrected chi connectivity index (χ0v) is 23.9. The van der Waals surface area contributed by atoms with Crippen LogP contribution in [0.5, 0.6) is 0 Å². The van der Waals surface area contributed by atoms with Gasteiger partial charge in [-0.15, -0.1) is 0 Å². The van der Waals surface area contributed by atoms with Gasteiger partial charge in [0.1, 0.15) is 11.4 Å². The number of furan rings is 4. The van der Waals surface area contributed by atoms with Crippen molar-refractivity contribution in [1.82, 2.24) is 10.9 Å². The van der Waals surface area contributed by atoms with Gasteiger partial charge in [0.15, 0.2) is 34.5 Å². The molecule has 1 radical (unpaired) electrons. The minimum absolute atomic E-state index is 0. The largest absolute Gasteiger partial charge is 3.00 e. The molecule has 5 rings (SSSR count). The van der Waals surface area contributed by atoms with Gasteiger partial charge < -0.3 is 54.9 Å². The maximum Gasteiger partial charge on any atom is 3.00 e. The first-order valence-electron chi connectivity index (χ1n) is 9.78. The molecule has 38 heavy (non-hydrogen) atoms. The van der Waals surface area contributed by atoms with Gasteiger partial charge in [-0.25, -0.2) is 9.98 Å². The number of nitrogens with zero attached hydrogens (tertiary/aromatic N) is 4.